The molecule has 1 unspecified atom stereocenters. The van der Waals surface area contributed by atoms with Crippen LogP contribution in [0.2, 0.25) is 0 Å². The van der Waals surface area contributed by atoms with Gasteiger partial charge in [0.25, 0.3) is 0 Å². The Kier molecular flexibility index (Phi) is 4.67. The van der Waals surface area contributed by atoms with Crippen molar-refractivity contribution in [1.82, 2.24) is 0 Å². The first-order valence-electron chi connectivity index (χ1n) is 7.66. The van der Waals surface area contributed by atoms with Crippen LogP contribution in [0.25, 0.3) is 0 Å². The van der Waals surface area contributed by atoms with Crippen LogP contribution < -0.4 is 4.18 Å². The fourth-order valence-electron chi connectivity index (χ4n) is 2.55. The van der Waals surface area contributed by atoms with E-state index < -0.39 is 15.4 Å². The Morgan fingerprint density at radius 1 is 0.708 bits per heavy atom. The van der Waals surface area contributed by atoms with Gasteiger partial charge in [0.1, 0.15) is 11.0 Å². The van der Waals surface area contributed by atoms with Crippen molar-refractivity contribution in [1.29, 1.82) is 0 Å². The lowest BCUT2D eigenvalue weighted by Gasteiger charge is -2.19. The van der Waals surface area contributed by atoms with Crippen LogP contribution in [-0.2, 0) is 10.1 Å². The van der Waals surface area contributed by atoms with Gasteiger partial charge in [-0.3, -0.25) is 0 Å². The molecule has 3 rings (SSSR count). The van der Waals surface area contributed by atoms with Crippen LogP contribution in [0.5, 0.6) is 5.75 Å². The van der Waals surface area contributed by atoms with Crippen molar-refractivity contribution in [2.45, 2.75) is 12.2 Å². The minimum atomic E-state index is -3.89. The number of hydrogen-bond donors (Lipinski definition) is 0. The molecule has 0 heterocycles. The van der Waals surface area contributed by atoms with Gasteiger partial charge in [-0.2, -0.15) is 8.42 Å². The molecule has 0 aliphatic carbocycles. The van der Waals surface area contributed by atoms with Gasteiger partial charge in [-0.15, -0.1) is 0 Å². The predicted molar refractivity (Wildman–Crippen MR) is 95.5 cm³/mol. The standard InChI is InChI=1S/C20H18O3S/c1-16-12-14-18(15-13-16)20(17-8-4-2-5-9-17)24(21,22)23-19-10-6-3-7-11-19/h2-15,20H,1H3. The molecule has 0 radical (unpaired) electrons. The molecular formula is C20H18O3S. The molecule has 1 atom stereocenters. The molecule has 0 saturated carbocycles. The highest BCUT2D eigenvalue weighted by Gasteiger charge is 2.31. The van der Waals surface area contributed by atoms with Crippen LogP contribution in [-0.4, -0.2) is 8.42 Å². The maximum atomic E-state index is 13.0. The maximum absolute atomic E-state index is 13.0. The molecule has 24 heavy (non-hydrogen) atoms. The average molecular weight is 338 g/mol. The fraction of sp³-hybridized carbons (Fsp3) is 0.100. The number of rotatable bonds is 5. The monoisotopic (exact) mass is 338 g/mol. The number of aryl methyl sites for hydroxylation is 1. The smallest absolute Gasteiger partial charge is 0.320 e. The Balaban J connectivity index is 2.05. The number of hydrogen-bond acceptors (Lipinski definition) is 3. The molecule has 0 saturated heterocycles. The lowest BCUT2D eigenvalue weighted by Crippen LogP contribution is -2.20. The van der Waals surface area contributed by atoms with E-state index in [9.17, 15) is 8.42 Å². The zero-order valence-electron chi connectivity index (χ0n) is 13.3. The molecule has 0 amide bonds. The van der Waals surface area contributed by atoms with Crippen molar-refractivity contribution in [3.05, 3.63) is 102 Å². The highest BCUT2D eigenvalue weighted by atomic mass is 32.2. The van der Waals surface area contributed by atoms with E-state index in [1.54, 1.807) is 36.4 Å². The third-order valence-electron chi connectivity index (χ3n) is 3.73. The van der Waals surface area contributed by atoms with E-state index in [2.05, 4.69) is 0 Å². The third-order valence-corrected chi connectivity index (χ3v) is 5.27. The van der Waals surface area contributed by atoms with Crippen molar-refractivity contribution < 1.29 is 12.6 Å². The normalized spacial score (nSPS) is 12.5. The van der Waals surface area contributed by atoms with E-state index in [1.807, 2.05) is 55.5 Å². The van der Waals surface area contributed by atoms with Gasteiger partial charge in [0, 0.05) is 0 Å². The topological polar surface area (TPSA) is 43.4 Å². The molecular weight excluding hydrogens is 320 g/mol. The van der Waals surface area contributed by atoms with Gasteiger partial charge in [-0.1, -0.05) is 78.4 Å². The minimum absolute atomic E-state index is 0.311. The quantitative estimate of drug-likeness (QED) is 0.644. The van der Waals surface area contributed by atoms with Crippen molar-refractivity contribution in [3.8, 4) is 5.75 Å². The second kappa shape index (κ2) is 6.89. The van der Waals surface area contributed by atoms with Gasteiger partial charge < -0.3 is 4.18 Å². The molecule has 3 nitrogen and oxygen atoms in total. The zero-order valence-corrected chi connectivity index (χ0v) is 14.1. The summed E-state index contributed by atoms with van der Waals surface area (Å²) in [6.45, 7) is 1.97. The third kappa shape index (κ3) is 3.66. The molecule has 3 aromatic rings. The maximum Gasteiger partial charge on any atom is 0.320 e. The lowest BCUT2D eigenvalue weighted by molar-refractivity contribution is 0.478. The van der Waals surface area contributed by atoms with Crippen molar-refractivity contribution in [2.75, 3.05) is 0 Å². The Morgan fingerprint density at radius 3 is 1.79 bits per heavy atom. The summed E-state index contributed by atoms with van der Waals surface area (Å²) in [6.07, 6.45) is 0. The van der Waals surface area contributed by atoms with E-state index in [0.717, 1.165) is 5.56 Å². The van der Waals surface area contributed by atoms with E-state index in [0.29, 0.717) is 16.9 Å². The van der Waals surface area contributed by atoms with Gasteiger partial charge in [0.15, 0.2) is 0 Å². The summed E-state index contributed by atoms with van der Waals surface area (Å²) in [6, 6.07) is 25.2. The average Bonchev–Trinajstić information content (AvgIpc) is 2.58. The molecule has 3 aromatic carbocycles. The van der Waals surface area contributed by atoms with Crippen molar-refractivity contribution in [2.24, 2.45) is 0 Å². The van der Waals surface area contributed by atoms with Crippen LogP contribution in [0, 0.1) is 6.92 Å². The molecule has 0 aliphatic rings. The lowest BCUT2D eigenvalue weighted by atomic mass is 10.0. The molecule has 0 aromatic heterocycles. The van der Waals surface area contributed by atoms with Crippen LogP contribution in [0.3, 0.4) is 0 Å². The molecule has 4 heteroatoms. The first-order valence-corrected chi connectivity index (χ1v) is 9.13. The summed E-state index contributed by atoms with van der Waals surface area (Å²) >= 11 is 0. The van der Waals surface area contributed by atoms with Gasteiger partial charge in [0.2, 0.25) is 0 Å². The molecule has 0 aliphatic heterocycles. The van der Waals surface area contributed by atoms with Crippen molar-refractivity contribution in [3.63, 3.8) is 0 Å². The van der Waals surface area contributed by atoms with E-state index in [1.165, 1.54) is 0 Å². The first-order chi connectivity index (χ1) is 11.6. The van der Waals surface area contributed by atoms with Crippen LogP contribution in [0.15, 0.2) is 84.9 Å². The first kappa shape index (κ1) is 16.3. The Bertz CT molecular complexity index is 887. The van der Waals surface area contributed by atoms with Gasteiger partial charge in [-0.25, -0.2) is 0 Å². The summed E-state index contributed by atoms with van der Waals surface area (Å²) in [5.74, 6) is 0.311. The summed E-state index contributed by atoms with van der Waals surface area (Å²) in [5.41, 5.74) is 2.44. The molecule has 0 fully saturated rings. The van der Waals surface area contributed by atoms with Crippen LogP contribution in [0.1, 0.15) is 21.9 Å². The second-order valence-electron chi connectivity index (χ2n) is 5.59. The molecule has 122 valence electrons. The summed E-state index contributed by atoms with van der Waals surface area (Å²) < 4.78 is 31.3. The minimum Gasteiger partial charge on any atom is -0.382 e. The SMILES string of the molecule is Cc1ccc(C(c2ccccc2)S(=O)(=O)Oc2ccccc2)cc1. The number of benzene rings is 3. The summed E-state index contributed by atoms with van der Waals surface area (Å²) in [4.78, 5) is 0. The highest BCUT2D eigenvalue weighted by Crippen LogP contribution is 2.32. The van der Waals surface area contributed by atoms with Gasteiger partial charge >= 0.3 is 10.1 Å². The van der Waals surface area contributed by atoms with Crippen LogP contribution >= 0.6 is 0 Å². The predicted octanol–water partition coefficient (Wildman–Crippen LogP) is 4.49. The molecule has 0 N–H and O–H groups in total. The van der Waals surface area contributed by atoms with E-state index >= 15 is 0 Å². The van der Waals surface area contributed by atoms with Crippen LogP contribution in [0.4, 0.5) is 0 Å². The summed E-state index contributed by atoms with van der Waals surface area (Å²) in [5, 5.41) is -0.875. The largest absolute Gasteiger partial charge is 0.382 e. The van der Waals surface area contributed by atoms with E-state index in [4.69, 9.17) is 4.18 Å². The summed E-state index contributed by atoms with van der Waals surface area (Å²) in [7, 11) is -3.89. The van der Waals surface area contributed by atoms with Gasteiger partial charge in [-0.05, 0) is 30.2 Å². The second-order valence-corrected chi connectivity index (χ2v) is 7.21. The fourth-order valence-corrected chi connectivity index (χ4v) is 4.01. The van der Waals surface area contributed by atoms with Gasteiger partial charge in [0.05, 0.1) is 0 Å². The number of para-hydroxylation sites is 1. The Labute approximate surface area is 142 Å². The highest BCUT2D eigenvalue weighted by molar-refractivity contribution is 7.87. The Hall–Kier alpha value is -2.59. The van der Waals surface area contributed by atoms with Crippen molar-refractivity contribution >= 4 is 10.1 Å². The Morgan fingerprint density at radius 2 is 1.21 bits per heavy atom. The zero-order chi connectivity index (χ0) is 17.0. The molecule has 0 bridgehead atoms. The molecule has 0 spiro atoms. The van der Waals surface area contributed by atoms with E-state index in [-0.39, 0.29) is 0 Å².